The first-order chi connectivity index (χ1) is 14.2. The monoisotopic (exact) mass is 412 g/mol. The summed E-state index contributed by atoms with van der Waals surface area (Å²) in [5.74, 6) is -0.706. The van der Waals surface area contributed by atoms with Crippen LogP contribution in [0, 0.1) is 0 Å². The van der Waals surface area contributed by atoms with E-state index in [9.17, 15) is 28.0 Å². The maximum atomic E-state index is 13.4. The molecule has 0 saturated heterocycles. The first-order valence-electron chi connectivity index (χ1n) is 9.54. The average molecular weight is 412 g/mol. The maximum absolute atomic E-state index is 13.4. The molecule has 1 amide bonds. The highest BCUT2D eigenvalue weighted by Gasteiger charge is 2.39. The van der Waals surface area contributed by atoms with Crippen molar-refractivity contribution < 1.29 is 30.7 Å². The van der Waals surface area contributed by atoms with E-state index in [1.54, 1.807) is 13.8 Å². The normalized spacial score (nSPS) is 16.5. The van der Waals surface area contributed by atoms with Crippen molar-refractivity contribution in [2.45, 2.75) is 32.5 Å². The van der Waals surface area contributed by atoms with Gasteiger partial charge in [0.2, 0.25) is 5.91 Å². The largest absolute Gasteiger partial charge is 0.483 e. The lowest BCUT2D eigenvalue weighted by atomic mass is 9.88. The molecule has 0 saturated carbocycles. The number of benzene rings is 1. The van der Waals surface area contributed by atoms with Crippen molar-refractivity contribution in [3.63, 3.8) is 0 Å². The first-order valence-corrected chi connectivity index (χ1v) is 8.54. The molecule has 0 radical (unpaired) electrons. The van der Waals surface area contributed by atoms with Crippen LogP contribution >= 0.6 is 0 Å². The number of rotatable bonds is 3. The quantitative estimate of drug-likeness (QED) is 0.619. The fraction of sp³-hybridized carbons (Fsp3) is 0.300. The van der Waals surface area contributed by atoms with E-state index in [4.69, 9.17) is 7.48 Å². The lowest BCUT2D eigenvalue weighted by molar-refractivity contribution is -0.161. The Labute approximate surface area is 167 Å². The Morgan fingerprint density at radius 3 is 2.62 bits per heavy atom. The molecule has 1 aromatic carbocycles. The zero-order valence-corrected chi connectivity index (χ0v) is 15.8. The summed E-state index contributed by atoms with van der Waals surface area (Å²) in [4.78, 5) is 24.3. The van der Waals surface area contributed by atoms with E-state index in [0.717, 1.165) is 41.8 Å². The standard InChI is InChI=1S/C20H19F3N2O4/c1-12(26)25(28)11-15-18(24-9-5-4-6-17(24)27)14-10-13(20(21,22)23)7-8-16(14)29-19(15,2)3/h4-10,28H,11H2,1-3H3/i4T,9T. The molecule has 0 fully saturated rings. The highest BCUT2D eigenvalue weighted by atomic mass is 19.4. The molecule has 1 aromatic heterocycles. The van der Waals surface area contributed by atoms with Crippen molar-refractivity contribution in [3.05, 3.63) is 69.6 Å². The third-order valence-corrected chi connectivity index (χ3v) is 4.54. The van der Waals surface area contributed by atoms with Crippen molar-refractivity contribution >= 4 is 11.6 Å². The molecule has 0 spiro atoms. The number of carbonyl (C=O) groups is 1. The van der Waals surface area contributed by atoms with Crippen molar-refractivity contribution in [3.8, 4) is 5.75 Å². The van der Waals surface area contributed by atoms with Crippen LogP contribution in [-0.2, 0) is 11.0 Å². The van der Waals surface area contributed by atoms with Gasteiger partial charge in [0.05, 0.1) is 20.5 Å². The van der Waals surface area contributed by atoms with Crippen LogP contribution in [0.1, 0.15) is 34.6 Å². The maximum Gasteiger partial charge on any atom is 0.416 e. The molecule has 0 unspecified atom stereocenters. The summed E-state index contributed by atoms with van der Waals surface area (Å²) >= 11 is 0. The summed E-state index contributed by atoms with van der Waals surface area (Å²) in [6.45, 7) is 3.72. The number of ether oxygens (including phenoxy) is 1. The molecule has 2 heterocycles. The second-order valence-corrected chi connectivity index (χ2v) is 6.98. The summed E-state index contributed by atoms with van der Waals surface area (Å²) < 4.78 is 62.7. The third kappa shape index (κ3) is 3.91. The van der Waals surface area contributed by atoms with Gasteiger partial charge in [-0.15, -0.1) is 0 Å². The molecular weight excluding hydrogens is 389 g/mol. The first kappa shape index (κ1) is 18.0. The van der Waals surface area contributed by atoms with Crippen LogP contribution in [0.5, 0.6) is 5.75 Å². The van der Waals surface area contributed by atoms with E-state index in [1.807, 2.05) is 0 Å². The molecule has 0 aliphatic carbocycles. The van der Waals surface area contributed by atoms with E-state index in [-0.39, 0.29) is 28.6 Å². The van der Waals surface area contributed by atoms with Crippen LogP contribution in [0.25, 0.3) is 5.70 Å². The second kappa shape index (κ2) is 7.07. The van der Waals surface area contributed by atoms with Crippen LogP contribution in [0.3, 0.4) is 0 Å². The summed E-state index contributed by atoms with van der Waals surface area (Å²) in [6, 6.07) is 4.48. The Morgan fingerprint density at radius 2 is 2.03 bits per heavy atom. The molecule has 154 valence electrons. The zero-order valence-electron chi connectivity index (χ0n) is 17.8. The Balaban J connectivity index is 2.44. The number of hydrogen-bond acceptors (Lipinski definition) is 4. The SMILES string of the molecule is [3H]c1cc([3H])n(C2=C(CN(O)C(C)=O)C(C)(C)Oc3ccc(C(F)(F)F)cc32)c(=O)c1. The number of amides is 1. The summed E-state index contributed by atoms with van der Waals surface area (Å²) in [5, 5.41) is 10.4. The number of carbonyl (C=O) groups excluding carboxylic acids is 1. The molecule has 2 aromatic rings. The molecule has 29 heavy (non-hydrogen) atoms. The fourth-order valence-corrected chi connectivity index (χ4v) is 3.06. The van der Waals surface area contributed by atoms with E-state index in [0.29, 0.717) is 5.06 Å². The Morgan fingerprint density at radius 1 is 1.34 bits per heavy atom. The number of fused-ring (bicyclic) bond motifs is 1. The fourth-order valence-electron chi connectivity index (χ4n) is 3.06. The van der Waals surface area contributed by atoms with E-state index in [2.05, 4.69) is 0 Å². The average Bonchev–Trinajstić information content (AvgIpc) is 2.61. The van der Waals surface area contributed by atoms with Crippen molar-refractivity contribution in [2.24, 2.45) is 0 Å². The van der Waals surface area contributed by atoms with Gasteiger partial charge in [0.15, 0.2) is 0 Å². The van der Waals surface area contributed by atoms with E-state index >= 15 is 0 Å². The van der Waals surface area contributed by atoms with Crippen molar-refractivity contribution in [1.82, 2.24) is 9.63 Å². The Bertz CT molecular complexity index is 1160. The van der Waals surface area contributed by atoms with E-state index in [1.165, 1.54) is 0 Å². The zero-order chi connectivity index (χ0) is 23.3. The van der Waals surface area contributed by atoms with Gasteiger partial charge < -0.3 is 4.74 Å². The highest BCUT2D eigenvalue weighted by molar-refractivity contribution is 5.79. The van der Waals surface area contributed by atoms with Gasteiger partial charge in [0.25, 0.3) is 5.56 Å². The van der Waals surface area contributed by atoms with Crippen molar-refractivity contribution in [1.29, 1.82) is 0 Å². The third-order valence-electron chi connectivity index (χ3n) is 4.54. The second-order valence-electron chi connectivity index (χ2n) is 6.98. The van der Waals surface area contributed by atoms with Gasteiger partial charge in [-0.3, -0.25) is 19.4 Å². The van der Waals surface area contributed by atoms with Crippen LogP contribution in [0.2, 0.25) is 0 Å². The summed E-state index contributed by atoms with van der Waals surface area (Å²) in [6.07, 6.45) is -5.13. The van der Waals surface area contributed by atoms with E-state index < -0.39 is 41.5 Å². The minimum Gasteiger partial charge on any atom is -0.483 e. The molecule has 6 nitrogen and oxygen atoms in total. The lowest BCUT2D eigenvalue weighted by Crippen LogP contribution is -2.42. The number of halogens is 3. The predicted molar refractivity (Wildman–Crippen MR) is 98.3 cm³/mol. The van der Waals surface area contributed by atoms with Gasteiger partial charge in [-0.2, -0.15) is 13.2 Å². The molecule has 0 atom stereocenters. The Hall–Kier alpha value is -3.07. The molecular formula is C20H19F3N2O4. The van der Waals surface area contributed by atoms with Gasteiger partial charge in [-0.25, -0.2) is 5.06 Å². The van der Waals surface area contributed by atoms with Crippen LogP contribution in [0.4, 0.5) is 13.2 Å². The molecule has 0 bridgehead atoms. The van der Waals surface area contributed by atoms with Crippen molar-refractivity contribution in [2.75, 3.05) is 6.54 Å². The molecule has 1 aliphatic heterocycles. The molecule has 9 heteroatoms. The Kier molecular flexibility index (Phi) is 4.39. The molecule has 3 rings (SSSR count). The highest BCUT2D eigenvalue weighted by Crippen LogP contribution is 2.43. The van der Waals surface area contributed by atoms with Crippen LogP contribution in [0.15, 0.2) is 52.9 Å². The summed E-state index contributed by atoms with van der Waals surface area (Å²) in [7, 11) is 0. The van der Waals surface area contributed by atoms with Gasteiger partial charge in [0, 0.05) is 30.3 Å². The van der Waals surface area contributed by atoms with Crippen LogP contribution < -0.4 is 10.3 Å². The molecule has 1 aliphatic rings. The number of aromatic nitrogens is 1. The number of hydrogen-bond donors (Lipinski definition) is 1. The van der Waals surface area contributed by atoms with Gasteiger partial charge in [0.1, 0.15) is 11.4 Å². The predicted octanol–water partition coefficient (Wildman–Crippen LogP) is 3.54. The number of nitrogens with zero attached hydrogens (tertiary/aromatic N) is 2. The lowest BCUT2D eigenvalue weighted by Gasteiger charge is -2.38. The summed E-state index contributed by atoms with van der Waals surface area (Å²) in [5.41, 5.74) is -3.23. The van der Waals surface area contributed by atoms with Gasteiger partial charge in [-0.05, 0) is 38.1 Å². The molecule has 1 N–H and O–H groups in total. The number of hydroxylamine groups is 2. The van der Waals surface area contributed by atoms with Gasteiger partial charge >= 0.3 is 6.18 Å². The van der Waals surface area contributed by atoms with Crippen LogP contribution in [-0.4, -0.2) is 32.9 Å². The minimum atomic E-state index is -4.69. The minimum absolute atomic E-state index is 0.0327. The smallest absolute Gasteiger partial charge is 0.416 e. The topological polar surface area (TPSA) is 71.8 Å². The number of pyridine rings is 1. The van der Waals surface area contributed by atoms with Gasteiger partial charge in [-0.1, -0.05) is 6.04 Å². The number of alkyl halides is 3.